The summed E-state index contributed by atoms with van der Waals surface area (Å²) in [5, 5.41) is 2.91. The fourth-order valence-corrected chi connectivity index (χ4v) is 2.26. The number of aryl methyl sites for hydroxylation is 1. The largest absolute Gasteiger partial charge is 0.326 e. The predicted molar refractivity (Wildman–Crippen MR) is 80.9 cm³/mol. The van der Waals surface area contributed by atoms with Gasteiger partial charge in [-0.1, -0.05) is 20.8 Å². The molecule has 1 aliphatic heterocycles. The van der Waals surface area contributed by atoms with E-state index in [1.807, 2.05) is 50.8 Å². The van der Waals surface area contributed by atoms with E-state index in [2.05, 4.69) is 5.32 Å². The molecule has 1 fully saturated rings. The van der Waals surface area contributed by atoms with Crippen molar-refractivity contribution in [3.63, 3.8) is 0 Å². The monoisotopic (exact) mass is 274 g/mol. The van der Waals surface area contributed by atoms with Crippen molar-refractivity contribution in [1.82, 2.24) is 0 Å². The van der Waals surface area contributed by atoms with Gasteiger partial charge in [-0.15, -0.1) is 0 Å². The molecule has 2 amide bonds. The SMILES string of the molecule is Cc1cc(NC(=O)C(C)(C)C)ccc1N1CCCC1=O. The number of anilines is 2. The van der Waals surface area contributed by atoms with Crippen LogP contribution in [0.1, 0.15) is 39.2 Å². The first-order chi connectivity index (χ1) is 9.29. The van der Waals surface area contributed by atoms with Gasteiger partial charge < -0.3 is 10.2 Å². The molecule has 0 radical (unpaired) electrons. The standard InChI is InChI=1S/C16H22N2O2/c1-11-10-12(17-15(20)16(2,3)4)7-8-13(11)18-9-5-6-14(18)19/h7-8,10H,5-6,9H2,1-4H3,(H,17,20). The summed E-state index contributed by atoms with van der Waals surface area (Å²) in [6.07, 6.45) is 1.54. The van der Waals surface area contributed by atoms with Gasteiger partial charge in [0, 0.05) is 29.8 Å². The van der Waals surface area contributed by atoms with Gasteiger partial charge in [0.25, 0.3) is 0 Å². The molecule has 1 aromatic carbocycles. The van der Waals surface area contributed by atoms with Gasteiger partial charge in [-0.2, -0.15) is 0 Å². The fraction of sp³-hybridized carbons (Fsp3) is 0.500. The normalized spacial score (nSPS) is 15.6. The fourth-order valence-electron chi connectivity index (χ4n) is 2.26. The Kier molecular flexibility index (Phi) is 3.84. The van der Waals surface area contributed by atoms with E-state index in [1.165, 1.54) is 0 Å². The minimum atomic E-state index is -0.419. The molecule has 1 N–H and O–H groups in total. The van der Waals surface area contributed by atoms with Crippen molar-refractivity contribution in [2.45, 2.75) is 40.5 Å². The van der Waals surface area contributed by atoms with E-state index in [0.29, 0.717) is 6.42 Å². The lowest BCUT2D eigenvalue weighted by Crippen LogP contribution is -2.28. The Bertz CT molecular complexity index is 544. The molecule has 0 atom stereocenters. The van der Waals surface area contributed by atoms with Crippen molar-refractivity contribution in [2.24, 2.45) is 5.41 Å². The van der Waals surface area contributed by atoms with E-state index in [-0.39, 0.29) is 11.8 Å². The Hall–Kier alpha value is -1.84. The molecule has 1 aromatic rings. The minimum Gasteiger partial charge on any atom is -0.326 e. The highest BCUT2D eigenvalue weighted by molar-refractivity contribution is 5.97. The maximum atomic E-state index is 12.0. The summed E-state index contributed by atoms with van der Waals surface area (Å²) in [6, 6.07) is 5.69. The summed E-state index contributed by atoms with van der Waals surface area (Å²) in [5.41, 5.74) is 2.31. The maximum Gasteiger partial charge on any atom is 0.229 e. The van der Waals surface area contributed by atoms with Crippen molar-refractivity contribution in [1.29, 1.82) is 0 Å². The van der Waals surface area contributed by atoms with Crippen molar-refractivity contribution in [3.8, 4) is 0 Å². The number of hydrogen-bond acceptors (Lipinski definition) is 2. The molecule has 0 aliphatic carbocycles. The quantitative estimate of drug-likeness (QED) is 0.901. The number of carbonyl (C=O) groups is 2. The van der Waals surface area contributed by atoms with Crippen molar-refractivity contribution < 1.29 is 9.59 Å². The number of nitrogens with one attached hydrogen (secondary N) is 1. The lowest BCUT2D eigenvalue weighted by atomic mass is 9.95. The third-order valence-corrected chi connectivity index (χ3v) is 3.50. The third kappa shape index (κ3) is 3.00. The molecule has 108 valence electrons. The number of nitrogens with zero attached hydrogens (tertiary/aromatic N) is 1. The van der Waals surface area contributed by atoms with Crippen LogP contribution in [-0.2, 0) is 9.59 Å². The zero-order valence-corrected chi connectivity index (χ0v) is 12.6. The second-order valence-corrected chi connectivity index (χ2v) is 6.35. The molecule has 0 aromatic heterocycles. The Balaban J connectivity index is 2.18. The molecule has 4 nitrogen and oxygen atoms in total. The van der Waals surface area contributed by atoms with Crippen molar-refractivity contribution in [3.05, 3.63) is 23.8 Å². The van der Waals surface area contributed by atoms with Crippen LogP contribution < -0.4 is 10.2 Å². The molecule has 0 unspecified atom stereocenters. The molecule has 1 saturated heterocycles. The number of rotatable bonds is 2. The second-order valence-electron chi connectivity index (χ2n) is 6.35. The van der Waals surface area contributed by atoms with Gasteiger partial charge in [0.05, 0.1) is 0 Å². The van der Waals surface area contributed by atoms with Crippen LogP contribution in [0.2, 0.25) is 0 Å². The number of amides is 2. The molecule has 1 heterocycles. The van der Waals surface area contributed by atoms with E-state index in [1.54, 1.807) is 0 Å². The molecule has 0 spiro atoms. The van der Waals surface area contributed by atoms with Gasteiger partial charge in [0.1, 0.15) is 0 Å². The molecule has 20 heavy (non-hydrogen) atoms. The highest BCUT2D eigenvalue weighted by atomic mass is 16.2. The molecule has 0 saturated carbocycles. The smallest absolute Gasteiger partial charge is 0.229 e. The highest BCUT2D eigenvalue weighted by Crippen LogP contribution is 2.28. The molecular weight excluding hydrogens is 252 g/mol. The minimum absolute atomic E-state index is 0.0121. The van der Waals surface area contributed by atoms with E-state index < -0.39 is 5.41 Å². The van der Waals surface area contributed by atoms with Crippen molar-refractivity contribution >= 4 is 23.2 Å². The second kappa shape index (κ2) is 5.27. The summed E-state index contributed by atoms with van der Waals surface area (Å²) < 4.78 is 0. The zero-order valence-electron chi connectivity index (χ0n) is 12.6. The van der Waals surface area contributed by atoms with Crippen LogP contribution in [0, 0.1) is 12.3 Å². The van der Waals surface area contributed by atoms with Crippen LogP contribution in [0.25, 0.3) is 0 Å². The molecule has 4 heteroatoms. The molecule has 0 bridgehead atoms. The zero-order chi connectivity index (χ0) is 14.9. The van der Waals surface area contributed by atoms with E-state index in [0.717, 1.165) is 29.9 Å². The summed E-state index contributed by atoms with van der Waals surface area (Å²) in [6.45, 7) is 8.40. The summed E-state index contributed by atoms with van der Waals surface area (Å²) in [7, 11) is 0. The van der Waals surface area contributed by atoms with Crippen LogP contribution in [-0.4, -0.2) is 18.4 Å². The lowest BCUT2D eigenvalue weighted by molar-refractivity contribution is -0.123. The summed E-state index contributed by atoms with van der Waals surface area (Å²) in [5.74, 6) is 0.168. The van der Waals surface area contributed by atoms with Gasteiger partial charge >= 0.3 is 0 Å². The van der Waals surface area contributed by atoms with Crippen LogP contribution in [0.4, 0.5) is 11.4 Å². The van der Waals surface area contributed by atoms with E-state index in [9.17, 15) is 9.59 Å². The maximum absolute atomic E-state index is 12.0. The number of carbonyl (C=O) groups excluding carboxylic acids is 2. The van der Waals surface area contributed by atoms with Gasteiger partial charge in [0.2, 0.25) is 11.8 Å². The number of benzene rings is 1. The van der Waals surface area contributed by atoms with Crippen LogP contribution >= 0.6 is 0 Å². The first-order valence-electron chi connectivity index (χ1n) is 7.01. The van der Waals surface area contributed by atoms with Crippen LogP contribution in [0.5, 0.6) is 0 Å². The Morgan fingerprint density at radius 1 is 1.30 bits per heavy atom. The first kappa shape index (κ1) is 14.6. The number of hydrogen-bond donors (Lipinski definition) is 1. The summed E-state index contributed by atoms with van der Waals surface area (Å²) in [4.78, 5) is 25.6. The Morgan fingerprint density at radius 2 is 2.00 bits per heavy atom. The van der Waals surface area contributed by atoms with Gasteiger partial charge in [-0.25, -0.2) is 0 Å². The van der Waals surface area contributed by atoms with Crippen LogP contribution in [0.15, 0.2) is 18.2 Å². The summed E-state index contributed by atoms with van der Waals surface area (Å²) >= 11 is 0. The first-order valence-corrected chi connectivity index (χ1v) is 7.01. The van der Waals surface area contributed by atoms with E-state index in [4.69, 9.17) is 0 Å². The molecule has 1 aliphatic rings. The van der Waals surface area contributed by atoms with E-state index >= 15 is 0 Å². The highest BCUT2D eigenvalue weighted by Gasteiger charge is 2.24. The Labute approximate surface area is 120 Å². The average Bonchev–Trinajstić information content (AvgIpc) is 2.74. The molecule has 2 rings (SSSR count). The van der Waals surface area contributed by atoms with Crippen LogP contribution in [0.3, 0.4) is 0 Å². The lowest BCUT2D eigenvalue weighted by Gasteiger charge is -2.21. The predicted octanol–water partition coefficient (Wildman–Crippen LogP) is 3.11. The van der Waals surface area contributed by atoms with Gasteiger partial charge in [0.15, 0.2) is 0 Å². The topological polar surface area (TPSA) is 49.4 Å². The molecular formula is C16H22N2O2. The van der Waals surface area contributed by atoms with Gasteiger partial charge in [-0.05, 0) is 37.1 Å². The third-order valence-electron chi connectivity index (χ3n) is 3.50. The Morgan fingerprint density at radius 3 is 2.50 bits per heavy atom. The van der Waals surface area contributed by atoms with Crippen molar-refractivity contribution in [2.75, 3.05) is 16.8 Å². The van der Waals surface area contributed by atoms with Gasteiger partial charge in [-0.3, -0.25) is 9.59 Å². The average molecular weight is 274 g/mol.